The van der Waals surface area contributed by atoms with Gasteiger partial charge in [-0.3, -0.25) is 0 Å². The molecule has 4 nitrogen and oxygen atoms in total. The van der Waals surface area contributed by atoms with Crippen LogP contribution >= 0.6 is 11.8 Å². The zero-order valence-corrected chi connectivity index (χ0v) is 12.0. The topological polar surface area (TPSA) is 61.4 Å². The van der Waals surface area contributed by atoms with Gasteiger partial charge in [-0.15, -0.1) is 6.58 Å². The van der Waals surface area contributed by atoms with Crippen LogP contribution in [0.5, 0.6) is 0 Å². The number of carbonyl (C=O) groups is 1. The lowest BCUT2D eigenvalue weighted by molar-refractivity contribution is 0.169. The van der Waals surface area contributed by atoms with E-state index >= 15 is 0 Å². The second-order valence-electron chi connectivity index (χ2n) is 4.04. The number of nitrogens with one attached hydrogen (secondary N) is 2. The van der Waals surface area contributed by atoms with E-state index in [2.05, 4.69) is 17.2 Å². The number of amides is 2. The van der Waals surface area contributed by atoms with Crippen LogP contribution in [0.2, 0.25) is 0 Å². The van der Waals surface area contributed by atoms with Crippen LogP contribution in [0.15, 0.2) is 36.9 Å². The molecule has 0 aliphatic carbocycles. The summed E-state index contributed by atoms with van der Waals surface area (Å²) < 4.78 is 13.4. The number of aliphatic hydroxyl groups excluding tert-OH is 1. The largest absolute Gasteiger partial charge is 0.386 e. The van der Waals surface area contributed by atoms with Crippen LogP contribution in [0.4, 0.5) is 9.18 Å². The fraction of sp³-hybridized carbons (Fsp3) is 0.357. The van der Waals surface area contributed by atoms with Crippen molar-refractivity contribution in [3.8, 4) is 0 Å². The third kappa shape index (κ3) is 6.08. The van der Waals surface area contributed by atoms with E-state index < -0.39 is 11.9 Å². The molecule has 6 heteroatoms. The number of hydrogen-bond acceptors (Lipinski definition) is 3. The second kappa shape index (κ2) is 9.39. The predicted octanol–water partition coefficient (Wildman–Crippen LogP) is 2.08. The van der Waals surface area contributed by atoms with E-state index in [1.54, 1.807) is 30.0 Å². The van der Waals surface area contributed by atoms with Crippen molar-refractivity contribution in [2.75, 3.05) is 24.6 Å². The minimum absolute atomic E-state index is 0.0352. The highest BCUT2D eigenvalue weighted by atomic mass is 32.2. The number of benzene rings is 1. The first-order valence-electron chi connectivity index (χ1n) is 6.28. The first-order valence-corrected chi connectivity index (χ1v) is 7.43. The maximum Gasteiger partial charge on any atom is 0.314 e. The molecule has 0 saturated carbocycles. The van der Waals surface area contributed by atoms with Crippen LogP contribution in [0.1, 0.15) is 11.7 Å². The molecule has 0 bridgehead atoms. The maximum absolute atomic E-state index is 13.4. The molecule has 110 valence electrons. The van der Waals surface area contributed by atoms with Gasteiger partial charge in [-0.05, 0) is 6.07 Å². The van der Waals surface area contributed by atoms with E-state index in [1.165, 1.54) is 12.1 Å². The van der Waals surface area contributed by atoms with E-state index in [0.717, 1.165) is 11.5 Å². The molecule has 1 unspecified atom stereocenters. The van der Waals surface area contributed by atoms with Crippen molar-refractivity contribution in [2.24, 2.45) is 0 Å². The Balaban J connectivity index is 2.24. The summed E-state index contributed by atoms with van der Waals surface area (Å²) in [7, 11) is 0. The Morgan fingerprint density at radius 2 is 2.20 bits per heavy atom. The zero-order chi connectivity index (χ0) is 14.8. The number of aliphatic hydroxyl groups is 1. The van der Waals surface area contributed by atoms with Gasteiger partial charge in [0.15, 0.2) is 0 Å². The van der Waals surface area contributed by atoms with Crippen molar-refractivity contribution in [3.05, 3.63) is 48.3 Å². The lowest BCUT2D eigenvalue weighted by atomic mass is 10.1. The van der Waals surface area contributed by atoms with Gasteiger partial charge in [-0.1, -0.05) is 24.3 Å². The standard InChI is InChI=1S/C14H19FN2O2S/c1-2-8-20-9-7-16-14(19)17-10-13(18)11-5-3-4-6-12(11)15/h2-6,13,18H,1,7-10H2,(H2,16,17,19). The van der Waals surface area contributed by atoms with Crippen molar-refractivity contribution in [2.45, 2.75) is 6.10 Å². The lowest BCUT2D eigenvalue weighted by Crippen LogP contribution is -2.38. The molecule has 1 atom stereocenters. The van der Waals surface area contributed by atoms with Gasteiger partial charge in [0.1, 0.15) is 5.82 Å². The normalized spacial score (nSPS) is 11.7. The van der Waals surface area contributed by atoms with Crippen molar-refractivity contribution in [1.29, 1.82) is 0 Å². The SMILES string of the molecule is C=CCSCCNC(=O)NCC(O)c1ccccc1F. The average molecular weight is 298 g/mol. The highest BCUT2D eigenvalue weighted by Gasteiger charge is 2.12. The number of hydrogen-bond donors (Lipinski definition) is 3. The van der Waals surface area contributed by atoms with Crippen LogP contribution < -0.4 is 10.6 Å². The van der Waals surface area contributed by atoms with Crippen molar-refractivity contribution in [1.82, 2.24) is 10.6 Å². The molecule has 0 radical (unpaired) electrons. The first kappa shape index (κ1) is 16.5. The summed E-state index contributed by atoms with van der Waals surface area (Å²) in [5.41, 5.74) is 0.175. The van der Waals surface area contributed by atoms with E-state index in [0.29, 0.717) is 6.54 Å². The van der Waals surface area contributed by atoms with Gasteiger partial charge in [-0.25, -0.2) is 9.18 Å². The van der Waals surface area contributed by atoms with E-state index in [9.17, 15) is 14.3 Å². The summed E-state index contributed by atoms with van der Waals surface area (Å²) in [5, 5.41) is 14.9. The van der Waals surface area contributed by atoms with Crippen LogP contribution in [0, 0.1) is 5.82 Å². The Bertz CT molecular complexity index is 443. The fourth-order valence-electron chi connectivity index (χ4n) is 1.51. The Morgan fingerprint density at radius 1 is 1.45 bits per heavy atom. The monoisotopic (exact) mass is 298 g/mol. The van der Waals surface area contributed by atoms with Crippen LogP contribution in [-0.2, 0) is 0 Å². The lowest BCUT2D eigenvalue weighted by Gasteiger charge is -2.13. The minimum atomic E-state index is -1.06. The van der Waals surface area contributed by atoms with Crippen molar-refractivity contribution >= 4 is 17.8 Å². The quantitative estimate of drug-likeness (QED) is 0.509. The van der Waals surface area contributed by atoms with E-state index in [1.807, 2.05) is 0 Å². The van der Waals surface area contributed by atoms with Crippen LogP contribution in [0.3, 0.4) is 0 Å². The first-order chi connectivity index (χ1) is 9.65. The van der Waals surface area contributed by atoms with E-state index in [-0.39, 0.29) is 18.1 Å². The Kier molecular flexibility index (Phi) is 7.75. The zero-order valence-electron chi connectivity index (χ0n) is 11.1. The van der Waals surface area contributed by atoms with Crippen LogP contribution in [-0.4, -0.2) is 35.7 Å². The van der Waals surface area contributed by atoms with Gasteiger partial charge in [0.05, 0.1) is 6.10 Å². The van der Waals surface area contributed by atoms with Gasteiger partial charge in [0.25, 0.3) is 0 Å². The third-order valence-electron chi connectivity index (χ3n) is 2.49. The Hall–Kier alpha value is -1.53. The number of urea groups is 1. The number of halogens is 1. The van der Waals surface area contributed by atoms with Gasteiger partial charge in [0.2, 0.25) is 0 Å². The summed E-state index contributed by atoms with van der Waals surface area (Å²) in [6, 6.07) is 5.58. The number of rotatable bonds is 8. The fourth-order valence-corrected chi connectivity index (χ4v) is 2.09. The summed E-state index contributed by atoms with van der Waals surface area (Å²) >= 11 is 1.66. The Labute approximate surface area is 122 Å². The molecule has 0 spiro atoms. The molecule has 20 heavy (non-hydrogen) atoms. The molecule has 0 aliphatic rings. The molecule has 3 N–H and O–H groups in total. The van der Waals surface area contributed by atoms with E-state index in [4.69, 9.17) is 0 Å². The highest BCUT2D eigenvalue weighted by Crippen LogP contribution is 2.15. The summed E-state index contributed by atoms with van der Waals surface area (Å²) in [6.07, 6.45) is 0.743. The summed E-state index contributed by atoms with van der Waals surface area (Å²) in [6.45, 7) is 4.09. The van der Waals surface area contributed by atoms with Gasteiger partial charge in [-0.2, -0.15) is 11.8 Å². The second-order valence-corrected chi connectivity index (χ2v) is 5.19. The summed E-state index contributed by atoms with van der Waals surface area (Å²) in [5.74, 6) is 1.15. The molecule has 2 amide bonds. The maximum atomic E-state index is 13.4. The number of carbonyl (C=O) groups excluding carboxylic acids is 1. The van der Waals surface area contributed by atoms with Gasteiger partial charge >= 0.3 is 6.03 Å². The smallest absolute Gasteiger partial charge is 0.314 e. The Morgan fingerprint density at radius 3 is 2.90 bits per heavy atom. The molecule has 1 aromatic carbocycles. The molecular formula is C14H19FN2O2S. The molecule has 0 aromatic heterocycles. The number of thioether (sulfide) groups is 1. The molecule has 1 rings (SSSR count). The minimum Gasteiger partial charge on any atom is -0.386 e. The van der Waals surface area contributed by atoms with Crippen molar-refractivity contribution < 1.29 is 14.3 Å². The molecule has 0 heterocycles. The molecule has 0 aliphatic heterocycles. The molecule has 0 fully saturated rings. The third-order valence-corrected chi connectivity index (χ3v) is 3.45. The molecular weight excluding hydrogens is 279 g/mol. The van der Waals surface area contributed by atoms with Gasteiger partial charge in [0, 0.05) is 30.2 Å². The predicted molar refractivity (Wildman–Crippen MR) is 80.3 cm³/mol. The molecule has 0 saturated heterocycles. The average Bonchev–Trinajstić information content (AvgIpc) is 2.45. The van der Waals surface area contributed by atoms with Gasteiger partial charge < -0.3 is 15.7 Å². The van der Waals surface area contributed by atoms with Crippen molar-refractivity contribution in [3.63, 3.8) is 0 Å². The molecule has 1 aromatic rings. The summed E-state index contributed by atoms with van der Waals surface area (Å²) in [4.78, 5) is 11.4. The highest BCUT2D eigenvalue weighted by molar-refractivity contribution is 7.99. The van der Waals surface area contributed by atoms with Crippen LogP contribution in [0.25, 0.3) is 0 Å².